The van der Waals surface area contributed by atoms with Crippen LogP contribution in [0.3, 0.4) is 0 Å². The lowest BCUT2D eigenvalue weighted by Crippen LogP contribution is -2.37. The standard InChI is InChI=1S/C33H50O6/c1-7-8-9-19-38-31(37)39-32(4,5)30(36)17-12-22(2)27-15-16-28-24(11-10-18-33(27,28)6)13-14-25-20-26(34)21-29(35)23(25)3/h12-14,17,22,26-29,34-35H,3,7-11,15-16,18-21H2,1-2,4-6H3/b17-12+,24-13+,25-14-/t22-,26?,27-,28+,29?,33-/m1/s1. The van der Waals surface area contributed by atoms with Crippen molar-refractivity contribution >= 4 is 11.9 Å². The van der Waals surface area contributed by atoms with Crippen molar-refractivity contribution in [3.8, 4) is 0 Å². The van der Waals surface area contributed by atoms with E-state index in [-0.39, 0.29) is 17.1 Å². The molecule has 6 nitrogen and oxygen atoms in total. The maximum Gasteiger partial charge on any atom is 0.509 e. The highest BCUT2D eigenvalue weighted by Crippen LogP contribution is 2.59. The number of aliphatic hydroxyl groups excluding tert-OH is 2. The molecule has 2 unspecified atom stereocenters. The van der Waals surface area contributed by atoms with Gasteiger partial charge in [-0.2, -0.15) is 0 Å². The Morgan fingerprint density at radius 1 is 1.21 bits per heavy atom. The largest absolute Gasteiger partial charge is 0.509 e. The highest BCUT2D eigenvalue weighted by molar-refractivity contribution is 5.97. The first kappa shape index (κ1) is 31.3. The molecule has 3 rings (SSSR count). The summed E-state index contributed by atoms with van der Waals surface area (Å²) in [6.07, 6.45) is 15.1. The number of unbranched alkanes of at least 4 members (excludes halogenated alkanes) is 2. The van der Waals surface area contributed by atoms with Crippen LogP contribution in [0.15, 0.2) is 47.6 Å². The number of allylic oxidation sites excluding steroid dienone is 4. The molecule has 0 heterocycles. The van der Waals surface area contributed by atoms with Crippen LogP contribution in [0, 0.1) is 23.2 Å². The SMILES string of the molecule is C=C1/C(=C\C=C2/CCC[C@]3(C)[C@@H]([C@H](C)/C=C/C(=O)C(C)(C)OC(=O)OCCCCC)CC[C@@H]23)CC(O)CC1O. The van der Waals surface area contributed by atoms with E-state index >= 15 is 0 Å². The van der Waals surface area contributed by atoms with Gasteiger partial charge in [-0.15, -0.1) is 0 Å². The third kappa shape index (κ3) is 7.73. The molecule has 0 aromatic rings. The van der Waals surface area contributed by atoms with Crippen molar-refractivity contribution in [1.82, 2.24) is 0 Å². The highest BCUT2D eigenvalue weighted by atomic mass is 16.7. The summed E-state index contributed by atoms with van der Waals surface area (Å²) in [6, 6.07) is 0. The molecular weight excluding hydrogens is 492 g/mol. The molecule has 0 aromatic heterocycles. The second-order valence-electron chi connectivity index (χ2n) is 12.7. The van der Waals surface area contributed by atoms with Crippen molar-refractivity contribution in [3.05, 3.63) is 47.6 Å². The van der Waals surface area contributed by atoms with E-state index in [1.165, 1.54) is 5.57 Å². The fraction of sp³-hybridized carbons (Fsp3) is 0.697. The lowest BCUT2D eigenvalue weighted by atomic mass is 9.61. The van der Waals surface area contributed by atoms with E-state index in [1.807, 2.05) is 6.08 Å². The predicted octanol–water partition coefficient (Wildman–Crippen LogP) is 7.01. The quantitative estimate of drug-likeness (QED) is 0.175. The summed E-state index contributed by atoms with van der Waals surface area (Å²) < 4.78 is 10.5. The molecule has 3 aliphatic rings. The Hall–Kier alpha value is -2.18. The summed E-state index contributed by atoms with van der Waals surface area (Å²) in [5.74, 6) is 0.895. The molecule has 0 radical (unpaired) electrons. The van der Waals surface area contributed by atoms with Crippen LogP contribution in [0.5, 0.6) is 0 Å². The minimum absolute atomic E-state index is 0.145. The molecular formula is C33H50O6. The van der Waals surface area contributed by atoms with Crippen molar-refractivity contribution in [1.29, 1.82) is 0 Å². The van der Waals surface area contributed by atoms with Gasteiger partial charge in [-0.05, 0) is 99.2 Å². The van der Waals surface area contributed by atoms with Gasteiger partial charge in [0.15, 0.2) is 11.4 Å². The number of hydrogen-bond donors (Lipinski definition) is 2. The van der Waals surface area contributed by atoms with Gasteiger partial charge in [0, 0.05) is 6.42 Å². The summed E-state index contributed by atoms with van der Waals surface area (Å²) in [4.78, 5) is 25.0. The second kappa shape index (κ2) is 13.5. The number of carbonyl (C=O) groups excluding carboxylic acids is 2. The number of rotatable bonds is 10. The van der Waals surface area contributed by atoms with Gasteiger partial charge in [0.1, 0.15) is 0 Å². The van der Waals surface area contributed by atoms with Gasteiger partial charge >= 0.3 is 6.16 Å². The molecule has 3 saturated carbocycles. The van der Waals surface area contributed by atoms with Crippen LogP contribution in [0.25, 0.3) is 0 Å². The molecule has 3 fully saturated rings. The molecule has 0 saturated heterocycles. The molecule has 2 N–H and O–H groups in total. The number of carbonyl (C=O) groups is 2. The Bertz CT molecular complexity index is 988. The first-order valence-electron chi connectivity index (χ1n) is 14.9. The summed E-state index contributed by atoms with van der Waals surface area (Å²) in [5, 5.41) is 20.3. The third-order valence-electron chi connectivity index (χ3n) is 9.39. The number of hydrogen-bond acceptors (Lipinski definition) is 6. The zero-order valence-electron chi connectivity index (χ0n) is 24.7. The van der Waals surface area contributed by atoms with Crippen molar-refractivity contribution < 1.29 is 29.3 Å². The average molecular weight is 543 g/mol. The predicted molar refractivity (Wildman–Crippen MR) is 154 cm³/mol. The lowest BCUT2D eigenvalue weighted by Gasteiger charge is -2.44. The van der Waals surface area contributed by atoms with Crippen molar-refractivity contribution in [2.45, 2.75) is 117 Å². The van der Waals surface area contributed by atoms with E-state index in [4.69, 9.17) is 9.47 Å². The van der Waals surface area contributed by atoms with Crippen LogP contribution in [-0.2, 0) is 14.3 Å². The molecule has 0 bridgehead atoms. The van der Waals surface area contributed by atoms with Gasteiger partial charge in [-0.25, -0.2) is 4.79 Å². The number of fused-ring (bicyclic) bond motifs is 1. The van der Waals surface area contributed by atoms with E-state index < -0.39 is 24.0 Å². The summed E-state index contributed by atoms with van der Waals surface area (Å²) in [7, 11) is 0. The smallest absolute Gasteiger partial charge is 0.434 e. The molecule has 39 heavy (non-hydrogen) atoms. The van der Waals surface area contributed by atoms with Gasteiger partial charge in [-0.1, -0.05) is 64.0 Å². The molecule has 6 heteroatoms. The number of aliphatic hydroxyl groups is 2. The fourth-order valence-electron chi connectivity index (χ4n) is 6.98. The van der Waals surface area contributed by atoms with Crippen LogP contribution < -0.4 is 0 Å². The lowest BCUT2D eigenvalue weighted by molar-refractivity contribution is -0.131. The Labute approximate surface area is 235 Å². The molecule has 0 aromatic carbocycles. The summed E-state index contributed by atoms with van der Waals surface area (Å²) in [5.41, 5.74) is 1.98. The first-order valence-corrected chi connectivity index (χ1v) is 14.9. The van der Waals surface area contributed by atoms with Crippen LogP contribution in [0.4, 0.5) is 4.79 Å². The van der Waals surface area contributed by atoms with Gasteiger partial charge in [0.2, 0.25) is 0 Å². The van der Waals surface area contributed by atoms with Gasteiger partial charge in [0.05, 0.1) is 18.8 Å². The first-order chi connectivity index (χ1) is 18.4. The number of ether oxygens (including phenoxy) is 2. The van der Waals surface area contributed by atoms with Gasteiger partial charge < -0.3 is 19.7 Å². The van der Waals surface area contributed by atoms with Gasteiger partial charge in [-0.3, -0.25) is 4.79 Å². The Balaban J connectivity index is 1.64. The topological polar surface area (TPSA) is 93.1 Å². The maximum atomic E-state index is 12.9. The van der Waals surface area contributed by atoms with Crippen LogP contribution in [-0.4, -0.2) is 46.6 Å². The van der Waals surface area contributed by atoms with E-state index in [2.05, 4.69) is 39.5 Å². The van der Waals surface area contributed by atoms with Crippen molar-refractivity contribution in [2.24, 2.45) is 23.2 Å². The van der Waals surface area contributed by atoms with E-state index in [1.54, 1.807) is 19.9 Å². The normalized spacial score (nSPS) is 32.4. The minimum Gasteiger partial charge on any atom is -0.434 e. The Morgan fingerprint density at radius 2 is 1.95 bits per heavy atom. The molecule has 3 aliphatic carbocycles. The van der Waals surface area contributed by atoms with E-state index in [9.17, 15) is 19.8 Å². The van der Waals surface area contributed by atoms with E-state index in [0.717, 1.165) is 62.5 Å². The summed E-state index contributed by atoms with van der Waals surface area (Å²) >= 11 is 0. The van der Waals surface area contributed by atoms with E-state index in [0.29, 0.717) is 31.3 Å². The van der Waals surface area contributed by atoms with Crippen LogP contribution in [0.2, 0.25) is 0 Å². The monoisotopic (exact) mass is 542 g/mol. The number of ketones is 1. The molecule has 218 valence electrons. The fourth-order valence-corrected chi connectivity index (χ4v) is 6.98. The van der Waals surface area contributed by atoms with Crippen LogP contribution in [0.1, 0.15) is 98.8 Å². The third-order valence-corrected chi connectivity index (χ3v) is 9.39. The van der Waals surface area contributed by atoms with Crippen LogP contribution >= 0.6 is 0 Å². The van der Waals surface area contributed by atoms with Crippen molar-refractivity contribution in [2.75, 3.05) is 6.61 Å². The Kier molecular flexibility index (Phi) is 10.8. The maximum absolute atomic E-state index is 12.9. The average Bonchev–Trinajstić information content (AvgIpc) is 3.23. The minimum atomic E-state index is -1.28. The second-order valence-corrected chi connectivity index (χ2v) is 12.7. The van der Waals surface area contributed by atoms with Crippen molar-refractivity contribution in [3.63, 3.8) is 0 Å². The molecule has 6 atom stereocenters. The molecule has 0 spiro atoms. The zero-order valence-corrected chi connectivity index (χ0v) is 24.7. The summed E-state index contributed by atoms with van der Waals surface area (Å²) in [6.45, 7) is 14.2. The van der Waals surface area contributed by atoms with Gasteiger partial charge in [0.25, 0.3) is 0 Å². The molecule has 0 amide bonds. The highest BCUT2D eigenvalue weighted by Gasteiger charge is 2.50. The zero-order chi connectivity index (χ0) is 28.8. The molecule has 0 aliphatic heterocycles. The Morgan fingerprint density at radius 3 is 2.67 bits per heavy atom.